The number of aromatic carboxylic acids is 1. The summed E-state index contributed by atoms with van der Waals surface area (Å²) in [6.45, 7) is 3.38. The number of carbonyl (C=O) groups is 1. The molecular formula is C35H24N5Na3O11S2. The summed E-state index contributed by atoms with van der Waals surface area (Å²) in [4.78, 5) is 10.1. The predicted molar refractivity (Wildman–Crippen MR) is 187 cm³/mol. The van der Waals surface area contributed by atoms with Crippen LogP contribution in [0.25, 0.3) is 32.7 Å². The number of rotatable bonds is 8. The first-order valence-electron chi connectivity index (χ1n) is 15.1. The number of aryl methyl sites for hydroxylation is 2. The Hall–Kier alpha value is -3.47. The molecule has 0 fully saturated rings. The van der Waals surface area contributed by atoms with Crippen molar-refractivity contribution in [3.05, 3.63) is 95.6 Å². The smallest absolute Gasteiger partial charge is 0.871 e. The van der Waals surface area contributed by atoms with Gasteiger partial charge in [-0.05, 0) is 95.4 Å². The molecule has 0 aliphatic heterocycles. The molecule has 270 valence electrons. The Kier molecular flexibility index (Phi) is 15.1. The van der Waals surface area contributed by atoms with Crippen LogP contribution in [0.2, 0.25) is 0 Å². The van der Waals surface area contributed by atoms with Crippen LogP contribution in [0, 0.1) is 13.8 Å². The minimum Gasteiger partial charge on any atom is -0.871 e. The van der Waals surface area contributed by atoms with Gasteiger partial charge in [0.25, 0.3) is 20.2 Å². The molecule has 0 aliphatic rings. The van der Waals surface area contributed by atoms with Crippen molar-refractivity contribution in [1.29, 1.82) is 0 Å². The van der Waals surface area contributed by atoms with Crippen LogP contribution in [-0.4, -0.2) is 37.0 Å². The van der Waals surface area contributed by atoms with Crippen molar-refractivity contribution >= 4 is 76.2 Å². The zero-order chi connectivity index (χ0) is 38.6. The Bertz CT molecular complexity index is 2860. The van der Waals surface area contributed by atoms with E-state index in [-0.39, 0.29) is 117 Å². The number of nitrogens with two attached hydrogens (primary N) is 1. The van der Waals surface area contributed by atoms with E-state index < -0.39 is 81.0 Å². The second-order valence-electron chi connectivity index (χ2n) is 11.8. The number of hydrogen-bond acceptors (Lipinski definition) is 13. The number of anilines is 1. The zero-order valence-electron chi connectivity index (χ0n) is 30.3. The number of fused-ring (bicyclic) bond motifs is 2. The zero-order valence-corrected chi connectivity index (χ0v) is 37.9. The number of hydrogen-bond donors (Lipinski definition) is 4. The third-order valence-electron chi connectivity index (χ3n) is 8.24. The molecule has 21 heteroatoms. The molecule has 0 unspecified atom stereocenters. The van der Waals surface area contributed by atoms with Crippen LogP contribution in [0.15, 0.2) is 109 Å². The minimum absolute atomic E-state index is 0. The summed E-state index contributed by atoms with van der Waals surface area (Å²) in [5.41, 5.74) is 6.90. The van der Waals surface area contributed by atoms with Crippen LogP contribution in [-0.2, 0) is 20.2 Å². The molecule has 6 aromatic carbocycles. The Morgan fingerprint density at radius 3 is 1.66 bits per heavy atom. The van der Waals surface area contributed by atoms with Crippen LogP contribution in [0.4, 0.5) is 28.4 Å². The molecule has 0 saturated carbocycles. The van der Waals surface area contributed by atoms with E-state index in [1.54, 1.807) is 50.2 Å². The molecule has 16 nitrogen and oxygen atoms in total. The molecule has 56 heavy (non-hydrogen) atoms. The van der Waals surface area contributed by atoms with Gasteiger partial charge in [0.2, 0.25) is 0 Å². The number of azo groups is 2. The molecule has 0 bridgehead atoms. The average molecular weight is 824 g/mol. The molecule has 0 heterocycles. The third kappa shape index (κ3) is 9.45. The molecule has 0 amide bonds. The number of carboxylic acid groups (broad SMARTS) is 1. The average Bonchev–Trinajstić information content (AvgIpc) is 3.07. The van der Waals surface area contributed by atoms with Gasteiger partial charge in [-0.15, -0.1) is 5.11 Å². The van der Waals surface area contributed by atoms with Gasteiger partial charge in [0.15, 0.2) is 0 Å². The summed E-state index contributed by atoms with van der Waals surface area (Å²) in [5, 5.41) is 63.7. The molecule has 5 N–H and O–H groups in total. The standard InChI is InChI=1S/C35H27N5O11S2.3Na/c1-16-11-18(4-8-25(16)37-39-31-27(41)10-7-22-28(52(46,47)48)15-24(35(44)45)33(42)30(22)31)19-5-9-26(17(2)12-19)38-40-32-29(53(49,50)51)13-20-3-6-21(36)14-23(20)34(32)43;;;/h3-15,41-43H,36H2,1-2H3,(H,44,45)(H,46,47,48)(H,49,50,51);;;/q;3*+1/p-3. The Morgan fingerprint density at radius 2 is 1.16 bits per heavy atom. The normalized spacial score (nSPS) is 11.7. The summed E-state index contributed by atoms with van der Waals surface area (Å²) >= 11 is 0. The Morgan fingerprint density at radius 1 is 0.625 bits per heavy atom. The van der Waals surface area contributed by atoms with Gasteiger partial charge in [0.1, 0.15) is 9.79 Å². The molecule has 0 atom stereocenters. The molecule has 6 aromatic rings. The minimum atomic E-state index is -5.01. The van der Waals surface area contributed by atoms with Gasteiger partial charge in [-0.25, -0.2) is 4.79 Å². The summed E-state index contributed by atoms with van der Waals surface area (Å²) in [5.74, 6) is -4.61. The fraction of sp³-hybridized carbons (Fsp3) is 0.0571. The molecule has 6 rings (SSSR count). The van der Waals surface area contributed by atoms with Crippen LogP contribution >= 0.6 is 0 Å². The van der Waals surface area contributed by atoms with E-state index in [2.05, 4.69) is 20.5 Å². The van der Waals surface area contributed by atoms with Crippen molar-refractivity contribution < 1.29 is 140 Å². The topological polar surface area (TPSA) is 291 Å². The van der Waals surface area contributed by atoms with Crippen molar-refractivity contribution in [3.63, 3.8) is 0 Å². The fourth-order valence-corrected chi connectivity index (χ4v) is 7.00. The van der Waals surface area contributed by atoms with E-state index in [0.29, 0.717) is 28.3 Å². The molecular weight excluding hydrogens is 800 g/mol. The third-order valence-corrected chi connectivity index (χ3v) is 10.00. The van der Waals surface area contributed by atoms with E-state index in [1.165, 1.54) is 18.2 Å². The van der Waals surface area contributed by atoms with E-state index in [1.807, 2.05) is 0 Å². The molecule has 0 saturated heterocycles. The molecule has 0 spiro atoms. The summed E-state index contributed by atoms with van der Waals surface area (Å²) in [6.07, 6.45) is 0. The molecule has 0 radical (unpaired) electrons. The van der Waals surface area contributed by atoms with Gasteiger partial charge >= 0.3 is 94.6 Å². The van der Waals surface area contributed by atoms with E-state index in [9.17, 15) is 51.2 Å². The van der Waals surface area contributed by atoms with E-state index in [0.717, 1.165) is 18.2 Å². The van der Waals surface area contributed by atoms with Crippen molar-refractivity contribution in [3.8, 4) is 28.4 Å². The van der Waals surface area contributed by atoms with E-state index in [4.69, 9.17) is 5.73 Å². The van der Waals surface area contributed by atoms with Crippen molar-refractivity contribution in [1.82, 2.24) is 0 Å². The monoisotopic (exact) mass is 823 g/mol. The number of nitrogens with zero attached hydrogens (tertiary/aromatic N) is 4. The van der Waals surface area contributed by atoms with Crippen molar-refractivity contribution in [2.45, 2.75) is 23.6 Å². The second kappa shape index (κ2) is 18.0. The van der Waals surface area contributed by atoms with Crippen LogP contribution < -0.4 is 110 Å². The van der Waals surface area contributed by atoms with E-state index >= 15 is 0 Å². The van der Waals surface area contributed by atoms with Gasteiger partial charge in [0.05, 0.1) is 28.3 Å². The first kappa shape index (κ1) is 46.9. The van der Waals surface area contributed by atoms with Gasteiger partial charge in [-0.2, -0.15) is 32.2 Å². The summed E-state index contributed by atoms with van der Waals surface area (Å²) in [6, 6.07) is 17.8. The van der Waals surface area contributed by atoms with Crippen LogP contribution in [0.5, 0.6) is 17.2 Å². The quantitative estimate of drug-likeness (QED) is 0.0521. The SMILES string of the molecule is Cc1cc(-c2ccc(N=Nc3c([O-])ccc4c(S(=O)(=O)O)cc(C(=O)O)c([O-])c34)c(C)c2)ccc1N=Nc1c(S(=O)(=O)O)cc2ccc(N)cc2c1[O-].[Na+].[Na+].[Na+]. The fourth-order valence-electron chi connectivity index (χ4n) is 5.63. The van der Waals surface area contributed by atoms with Crippen molar-refractivity contribution in [2.75, 3.05) is 5.73 Å². The van der Waals surface area contributed by atoms with Crippen molar-refractivity contribution in [2.24, 2.45) is 20.5 Å². The largest absolute Gasteiger partial charge is 1.00 e. The molecule has 0 aromatic heterocycles. The maximum absolute atomic E-state index is 13.2. The van der Waals surface area contributed by atoms with Gasteiger partial charge in [-0.1, -0.05) is 47.6 Å². The number of carboxylic acids is 1. The van der Waals surface area contributed by atoms with Crippen LogP contribution in [0.1, 0.15) is 21.5 Å². The molecule has 0 aliphatic carbocycles. The van der Waals surface area contributed by atoms with Crippen LogP contribution in [0.3, 0.4) is 0 Å². The maximum Gasteiger partial charge on any atom is 1.00 e. The van der Waals surface area contributed by atoms with Gasteiger partial charge < -0.3 is 26.2 Å². The van der Waals surface area contributed by atoms with Gasteiger partial charge in [0, 0.05) is 16.5 Å². The second-order valence-corrected chi connectivity index (χ2v) is 14.6. The Labute approximate surface area is 385 Å². The number of nitrogen functional groups attached to an aromatic ring is 1. The van der Waals surface area contributed by atoms with Gasteiger partial charge in [-0.3, -0.25) is 9.11 Å². The first-order valence-corrected chi connectivity index (χ1v) is 18.0. The predicted octanol–water partition coefficient (Wildman–Crippen LogP) is -2.89. The summed E-state index contributed by atoms with van der Waals surface area (Å²) in [7, 11) is -9.86. The maximum atomic E-state index is 13.2. The summed E-state index contributed by atoms with van der Waals surface area (Å²) < 4.78 is 67.8. The Balaban J connectivity index is 0.00000280. The first-order chi connectivity index (χ1) is 24.8. The number of benzene rings is 6.